The quantitative estimate of drug-likeness (QED) is 0.243. The topological polar surface area (TPSA) is 98.9 Å². The van der Waals surface area contributed by atoms with Gasteiger partial charge in [-0.1, -0.05) is 53.7 Å². The van der Waals surface area contributed by atoms with Crippen molar-refractivity contribution in [2.45, 2.75) is 24.8 Å². The van der Waals surface area contributed by atoms with Crippen LogP contribution in [-0.2, 0) is 10.5 Å². The van der Waals surface area contributed by atoms with E-state index in [1.54, 1.807) is 23.9 Å². The number of aromatic nitrogens is 2. The number of carbonyl (C=O) groups is 2. The highest BCUT2D eigenvalue weighted by atomic mass is 32.2. The maximum absolute atomic E-state index is 12.3. The molecule has 0 aliphatic rings. The molecular formula is C25H25N5O2S. The first-order valence-corrected chi connectivity index (χ1v) is 11.5. The molecule has 3 aromatic carbocycles. The second kappa shape index (κ2) is 10.2. The molecule has 0 unspecified atom stereocenters. The smallest absolute Gasteiger partial charge is 0.269 e. The van der Waals surface area contributed by atoms with E-state index in [0.29, 0.717) is 5.56 Å². The third-order valence-corrected chi connectivity index (χ3v) is 6.04. The minimum Gasteiger partial charge on any atom is -0.376 e. The normalized spacial score (nSPS) is 10.7. The van der Waals surface area contributed by atoms with Crippen LogP contribution in [0.15, 0.2) is 71.9 Å². The molecule has 1 aromatic heterocycles. The van der Waals surface area contributed by atoms with E-state index in [2.05, 4.69) is 26.1 Å². The van der Waals surface area contributed by atoms with Gasteiger partial charge >= 0.3 is 0 Å². The Bertz CT molecular complexity index is 1250. The van der Waals surface area contributed by atoms with Crippen molar-refractivity contribution in [3.63, 3.8) is 0 Å². The highest BCUT2D eigenvalue weighted by Crippen LogP contribution is 2.23. The molecule has 168 valence electrons. The lowest BCUT2D eigenvalue weighted by Crippen LogP contribution is -2.44. The number of nitrogens with zero attached hydrogens (tertiary/aromatic N) is 1. The summed E-state index contributed by atoms with van der Waals surface area (Å²) >= 11 is 1.60. The van der Waals surface area contributed by atoms with E-state index in [-0.39, 0.29) is 18.4 Å². The van der Waals surface area contributed by atoms with Gasteiger partial charge in [0.2, 0.25) is 0 Å². The van der Waals surface area contributed by atoms with Crippen LogP contribution in [0.2, 0.25) is 0 Å². The van der Waals surface area contributed by atoms with Gasteiger partial charge in [-0.25, -0.2) is 4.98 Å². The molecule has 0 fully saturated rings. The summed E-state index contributed by atoms with van der Waals surface area (Å²) in [6, 6.07) is 21.1. The van der Waals surface area contributed by atoms with E-state index < -0.39 is 0 Å². The van der Waals surface area contributed by atoms with Gasteiger partial charge in [0.05, 0.1) is 17.6 Å². The highest BCUT2D eigenvalue weighted by molar-refractivity contribution is 7.98. The number of nitrogens with one attached hydrogen (secondary N) is 4. The summed E-state index contributed by atoms with van der Waals surface area (Å²) in [5, 5.41) is 3.93. The molecule has 4 aromatic rings. The molecule has 0 aliphatic carbocycles. The van der Waals surface area contributed by atoms with Crippen molar-refractivity contribution in [3.05, 3.63) is 89.0 Å². The maximum atomic E-state index is 12.3. The van der Waals surface area contributed by atoms with Crippen LogP contribution in [0.25, 0.3) is 11.0 Å². The number of rotatable bonds is 7. The molecule has 1 heterocycles. The second-order valence-corrected chi connectivity index (χ2v) is 8.68. The zero-order valence-electron chi connectivity index (χ0n) is 18.4. The predicted molar refractivity (Wildman–Crippen MR) is 132 cm³/mol. The van der Waals surface area contributed by atoms with Crippen molar-refractivity contribution in [2.24, 2.45) is 0 Å². The number of para-hydroxylation sites is 2. The van der Waals surface area contributed by atoms with Gasteiger partial charge in [-0.3, -0.25) is 20.4 Å². The minimum atomic E-state index is -0.369. The van der Waals surface area contributed by atoms with Gasteiger partial charge in [0.1, 0.15) is 0 Å². The largest absolute Gasteiger partial charge is 0.376 e. The molecular weight excluding hydrogens is 434 g/mol. The molecule has 0 aliphatic heterocycles. The summed E-state index contributed by atoms with van der Waals surface area (Å²) in [4.78, 5) is 32.3. The lowest BCUT2D eigenvalue weighted by molar-refractivity contribution is -0.120. The molecule has 0 spiro atoms. The van der Waals surface area contributed by atoms with Crippen molar-refractivity contribution in [3.8, 4) is 0 Å². The molecule has 2 amide bonds. The number of benzene rings is 3. The van der Waals surface area contributed by atoms with Gasteiger partial charge in [0.25, 0.3) is 11.8 Å². The number of amides is 2. The fourth-order valence-corrected chi connectivity index (χ4v) is 4.17. The summed E-state index contributed by atoms with van der Waals surface area (Å²) in [6.45, 7) is 4.06. The van der Waals surface area contributed by atoms with Gasteiger partial charge in [-0.2, -0.15) is 0 Å². The standard InChI is InChI=1S/C25H25N5O2S/c1-16-7-12-20(17(2)13-16)26-14-23(31)29-30-24(32)19-10-8-18(9-11-19)15-33-25-27-21-5-3-4-6-22(21)28-25/h3-13,26H,14-15H2,1-2H3,(H,27,28)(H,29,31)(H,30,32). The van der Waals surface area contributed by atoms with Crippen LogP contribution in [0.3, 0.4) is 0 Å². The van der Waals surface area contributed by atoms with Crippen LogP contribution in [0, 0.1) is 13.8 Å². The Hall–Kier alpha value is -3.78. The van der Waals surface area contributed by atoms with Gasteiger partial charge in [-0.15, -0.1) is 0 Å². The number of hydrogen-bond acceptors (Lipinski definition) is 5. The lowest BCUT2D eigenvalue weighted by Gasteiger charge is -2.11. The summed E-state index contributed by atoms with van der Waals surface area (Å²) in [6.07, 6.45) is 0. The summed E-state index contributed by atoms with van der Waals surface area (Å²) in [7, 11) is 0. The second-order valence-electron chi connectivity index (χ2n) is 7.72. The van der Waals surface area contributed by atoms with E-state index in [9.17, 15) is 9.59 Å². The van der Waals surface area contributed by atoms with Crippen LogP contribution in [0.5, 0.6) is 0 Å². The molecule has 0 saturated carbocycles. The monoisotopic (exact) mass is 459 g/mol. The van der Waals surface area contributed by atoms with Crippen LogP contribution in [0.4, 0.5) is 5.69 Å². The Morgan fingerprint density at radius 3 is 2.52 bits per heavy atom. The lowest BCUT2D eigenvalue weighted by atomic mass is 10.1. The van der Waals surface area contributed by atoms with E-state index >= 15 is 0 Å². The molecule has 33 heavy (non-hydrogen) atoms. The molecule has 0 atom stereocenters. The Morgan fingerprint density at radius 2 is 1.76 bits per heavy atom. The van der Waals surface area contributed by atoms with Crippen LogP contribution in [0.1, 0.15) is 27.0 Å². The first kappa shape index (κ1) is 22.4. The average molecular weight is 460 g/mol. The van der Waals surface area contributed by atoms with E-state index in [0.717, 1.165) is 44.3 Å². The fourth-order valence-electron chi connectivity index (χ4n) is 3.33. The Morgan fingerprint density at radius 1 is 0.970 bits per heavy atom. The predicted octanol–water partition coefficient (Wildman–Crippen LogP) is 4.35. The highest BCUT2D eigenvalue weighted by Gasteiger charge is 2.09. The SMILES string of the molecule is Cc1ccc(NCC(=O)NNC(=O)c2ccc(CSc3nc4ccccc4[nH]3)cc2)c(C)c1. The van der Waals surface area contributed by atoms with Crippen molar-refractivity contribution in [2.75, 3.05) is 11.9 Å². The van der Waals surface area contributed by atoms with Crippen molar-refractivity contribution in [1.29, 1.82) is 0 Å². The number of hydrazine groups is 1. The number of aromatic amines is 1. The third-order valence-electron chi connectivity index (χ3n) is 5.10. The van der Waals surface area contributed by atoms with Crippen LogP contribution < -0.4 is 16.2 Å². The molecule has 0 bridgehead atoms. The number of hydrogen-bond donors (Lipinski definition) is 4. The summed E-state index contributed by atoms with van der Waals surface area (Å²) < 4.78 is 0. The number of thioether (sulfide) groups is 1. The first-order valence-electron chi connectivity index (χ1n) is 10.5. The number of aryl methyl sites for hydroxylation is 2. The zero-order chi connectivity index (χ0) is 23.2. The van der Waals surface area contributed by atoms with Crippen molar-refractivity contribution >= 4 is 40.3 Å². The van der Waals surface area contributed by atoms with Gasteiger partial charge in [0, 0.05) is 17.0 Å². The number of imidazole rings is 1. The number of fused-ring (bicyclic) bond motifs is 1. The number of carbonyl (C=O) groups excluding carboxylic acids is 2. The number of H-pyrrole nitrogens is 1. The maximum Gasteiger partial charge on any atom is 0.269 e. The Labute approximate surface area is 196 Å². The van der Waals surface area contributed by atoms with Gasteiger partial charge < -0.3 is 10.3 Å². The summed E-state index contributed by atoms with van der Waals surface area (Å²) in [5.41, 5.74) is 11.5. The van der Waals surface area contributed by atoms with Crippen molar-refractivity contribution < 1.29 is 9.59 Å². The third kappa shape index (κ3) is 5.93. The Balaban J connectivity index is 1.23. The molecule has 7 nitrogen and oxygen atoms in total. The molecule has 4 rings (SSSR count). The van der Waals surface area contributed by atoms with E-state index in [1.165, 1.54) is 0 Å². The first-order chi connectivity index (χ1) is 16.0. The summed E-state index contributed by atoms with van der Waals surface area (Å²) in [5.74, 6) is 0.0243. The molecule has 8 heteroatoms. The minimum absolute atomic E-state index is 0.0577. The van der Waals surface area contributed by atoms with E-state index in [4.69, 9.17) is 0 Å². The number of anilines is 1. The molecule has 0 radical (unpaired) electrons. The zero-order valence-corrected chi connectivity index (χ0v) is 19.3. The van der Waals surface area contributed by atoms with E-state index in [1.807, 2.05) is 68.4 Å². The van der Waals surface area contributed by atoms with Gasteiger partial charge in [0.15, 0.2) is 5.16 Å². The van der Waals surface area contributed by atoms with Crippen LogP contribution >= 0.6 is 11.8 Å². The molecule has 0 saturated heterocycles. The van der Waals surface area contributed by atoms with Crippen molar-refractivity contribution in [1.82, 2.24) is 20.8 Å². The average Bonchev–Trinajstić information content (AvgIpc) is 3.24. The van der Waals surface area contributed by atoms with Gasteiger partial charge in [-0.05, 0) is 55.3 Å². The fraction of sp³-hybridized carbons (Fsp3) is 0.160. The van der Waals surface area contributed by atoms with Crippen LogP contribution in [-0.4, -0.2) is 28.3 Å². The molecule has 4 N–H and O–H groups in total. The Kier molecular flexibility index (Phi) is 6.95.